The highest BCUT2D eigenvalue weighted by Gasteiger charge is 2.48. The number of halogens is 3. The van der Waals surface area contributed by atoms with Gasteiger partial charge >= 0.3 is 18.0 Å². The Morgan fingerprint density at radius 1 is 1.59 bits per heavy atom. The normalized spacial score (nSPS) is 16.4. The van der Waals surface area contributed by atoms with E-state index in [1.807, 2.05) is 0 Å². The number of ether oxygens (including phenoxy) is 1. The number of nitrogens with zero attached hydrogens (tertiary/aromatic N) is 3. The second kappa shape index (κ2) is 5.93. The molecule has 0 N–H and O–H groups in total. The standard InChI is InChI=1S/C12H14F3N3O4/c1-2-22-11(19)6-9(12(13,14)15)17-8(7-3-4-7)5-10(16-17)18(20)21/h5,7,9H,2-4,6H2,1H3. The van der Waals surface area contributed by atoms with E-state index in [-0.39, 0.29) is 18.2 Å². The molecule has 1 fully saturated rings. The van der Waals surface area contributed by atoms with Gasteiger partial charge in [-0.1, -0.05) is 0 Å². The van der Waals surface area contributed by atoms with E-state index in [0.717, 1.165) is 6.07 Å². The Balaban J connectivity index is 2.38. The van der Waals surface area contributed by atoms with Crippen molar-refractivity contribution in [2.24, 2.45) is 0 Å². The summed E-state index contributed by atoms with van der Waals surface area (Å²) in [4.78, 5) is 21.3. The molecule has 22 heavy (non-hydrogen) atoms. The molecule has 10 heteroatoms. The van der Waals surface area contributed by atoms with E-state index in [9.17, 15) is 28.1 Å². The average molecular weight is 321 g/mol. The molecular formula is C12H14F3N3O4. The summed E-state index contributed by atoms with van der Waals surface area (Å²) in [6.45, 7) is 1.44. The van der Waals surface area contributed by atoms with E-state index in [1.54, 1.807) is 0 Å². The van der Waals surface area contributed by atoms with Crippen LogP contribution in [0.15, 0.2) is 6.07 Å². The lowest BCUT2D eigenvalue weighted by Gasteiger charge is -2.19. The quantitative estimate of drug-likeness (QED) is 0.457. The predicted molar refractivity (Wildman–Crippen MR) is 67.2 cm³/mol. The lowest BCUT2D eigenvalue weighted by molar-refractivity contribution is -0.390. The minimum absolute atomic E-state index is 0.0435. The van der Waals surface area contributed by atoms with Crippen LogP contribution < -0.4 is 0 Å². The van der Waals surface area contributed by atoms with Gasteiger partial charge in [-0.25, -0.2) is 0 Å². The maximum absolute atomic E-state index is 13.2. The first-order chi connectivity index (χ1) is 10.2. The zero-order valence-electron chi connectivity index (χ0n) is 11.7. The van der Waals surface area contributed by atoms with Gasteiger partial charge < -0.3 is 14.9 Å². The molecule has 0 aromatic carbocycles. The van der Waals surface area contributed by atoms with Gasteiger partial charge in [-0.15, -0.1) is 0 Å². The predicted octanol–water partition coefficient (Wildman–Crippen LogP) is 2.73. The maximum Gasteiger partial charge on any atom is 0.413 e. The van der Waals surface area contributed by atoms with Gasteiger partial charge in [0, 0.05) is 5.92 Å². The molecule has 1 aliphatic carbocycles. The van der Waals surface area contributed by atoms with Crippen molar-refractivity contribution in [2.45, 2.75) is 44.3 Å². The molecule has 122 valence electrons. The van der Waals surface area contributed by atoms with Gasteiger partial charge in [-0.3, -0.25) is 4.79 Å². The smallest absolute Gasteiger partial charge is 0.413 e. The number of nitro groups is 1. The molecule has 1 unspecified atom stereocenters. The largest absolute Gasteiger partial charge is 0.466 e. The summed E-state index contributed by atoms with van der Waals surface area (Å²) in [5, 5.41) is 14.2. The van der Waals surface area contributed by atoms with Crippen molar-refractivity contribution in [1.82, 2.24) is 9.78 Å². The number of aromatic nitrogens is 2. The lowest BCUT2D eigenvalue weighted by atomic mass is 10.2. The van der Waals surface area contributed by atoms with Crippen molar-refractivity contribution in [3.8, 4) is 0 Å². The number of hydrogen-bond donors (Lipinski definition) is 0. The van der Waals surface area contributed by atoms with E-state index in [2.05, 4.69) is 9.84 Å². The molecule has 1 aromatic heterocycles. The van der Waals surface area contributed by atoms with Crippen LogP contribution in [-0.2, 0) is 9.53 Å². The number of rotatable bonds is 6. The molecule has 0 amide bonds. The Labute approximate surface area is 123 Å². The van der Waals surface area contributed by atoms with Gasteiger partial charge in [0.25, 0.3) is 0 Å². The summed E-state index contributed by atoms with van der Waals surface area (Å²) >= 11 is 0. The third-order valence-electron chi connectivity index (χ3n) is 3.27. The zero-order chi connectivity index (χ0) is 16.5. The molecule has 0 spiro atoms. The van der Waals surface area contributed by atoms with Crippen molar-refractivity contribution in [3.05, 3.63) is 21.9 Å². The number of esters is 1. The highest BCUT2D eigenvalue weighted by atomic mass is 19.4. The van der Waals surface area contributed by atoms with Crippen LogP contribution >= 0.6 is 0 Å². The van der Waals surface area contributed by atoms with Gasteiger partial charge in [-0.2, -0.15) is 17.9 Å². The number of alkyl halides is 3. The Bertz CT molecular complexity index is 581. The van der Waals surface area contributed by atoms with Gasteiger partial charge in [0.05, 0.1) is 29.9 Å². The second-order valence-electron chi connectivity index (χ2n) is 4.97. The van der Waals surface area contributed by atoms with E-state index in [4.69, 9.17) is 0 Å². The molecule has 0 aliphatic heterocycles. The first-order valence-corrected chi connectivity index (χ1v) is 6.70. The van der Waals surface area contributed by atoms with E-state index in [0.29, 0.717) is 17.5 Å². The fourth-order valence-corrected chi connectivity index (χ4v) is 2.14. The van der Waals surface area contributed by atoms with Crippen LogP contribution in [0.2, 0.25) is 0 Å². The lowest BCUT2D eigenvalue weighted by Crippen LogP contribution is -2.31. The fourth-order valence-electron chi connectivity index (χ4n) is 2.14. The first kappa shape index (κ1) is 16.2. The average Bonchev–Trinajstić information content (AvgIpc) is 3.14. The Kier molecular flexibility index (Phi) is 4.38. The summed E-state index contributed by atoms with van der Waals surface area (Å²) in [6.07, 6.45) is -4.44. The minimum atomic E-state index is -4.77. The molecule has 7 nitrogen and oxygen atoms in total. The number of carbonyl (C=O) groups is 1. The van der Waals surface area contributed by atoms with Crippen LogP contribution in [0.4, 0.5) is 19.0 Å². The summed E-state index contributed by atoms with van der Waals surface area (Å²) in [6, 6.07) is -1.22. The summed E-state index contributed by atoms with van der Waals surface area (Å²) in [5.41, 5.74) is 0.137. The summed E-state index contributed by atoms with van der Waals surface area (Å²) < 4.78 is 44.8. The molecule has 1 saturated carbocycles. The minimum Gasteiger partial charge on any atom is -0.466 e. The molecular weight excluding hydrogens is 307 g/mol. The molecule has 1 atom stereocenters. The van der Waals surface area contributed by atoms with Crippen molar-refractivity contribution in [3.63, 3.8) is 0 Å². The number of carbonyl (C=O) groups excluding carboxylic acids is 1. The van der Waals surface area contributed by atoms with Crippen LogP contribution in [0, 0.1) is 10.1 Å². The van der Waals surface area contributed by atoms with Crippen LogP contribution in [0.3, 0.4) is 0 Å². The fraction of sp³-hybridized carbons (Fsp3) is 0.667. The van der Waals surface area contributed by atoms with Crippen LogP contribution in [0.1, 0.15) is 43.8 Å². The van der Waals surface area contributed by atoms with Crippen LogP contribution in [0.25, 0.3) is 0 Å². The third-order valence-corrected chi connectivity index (χ3v) is 3.27. The highest BCUT2D eigenvalue weighted by molar-refractivity contribution is 5.70. The summed E-state index contributed by atoms with van der Waals surface area (Å²) in [5.74, 6) is -1.86. The molecule has 0 saturated heterocycles. The number of hydrogen-bond acceptors (Lipinski definition) is 5. The Morgan fingerprint density at radius 3 is 2.68 bits per heavy atom. The van der Waals surface area contributed by atoms with Crippen molar-refractivity contribution in [1.29, 1.82) is 0 Å². The molecule has 0 bridgehead atoms. The van der Waals surface area contributed by atoms with Crippen LogP contribution in [-0.4, -0.2) is 33.5 Å². The molecule has 1 aromatic rings. The van der Waals surface area contributed by atoms with E-state index < -0.39 is 35.3 Å². The molecule has 1 heterocycles. The van der Waals surface area contributed by atoms with Gasteiger partial charge in [0.1, 0.15) is 0 Å². The van der Waals surface area contributed by atoms with Crippen molar-refractivity contribution < 1.29 is 27.6 Å². The van der Waals surface area contributed by atoms with Gasteiger partial charge in [0.15, 0.2) is 6.04 Å². The first-order valence-electron chi connectivity index (χ1n) is 6.70. The second-order valence-corrected chi connectivity index (χ2v) is 4.97. The van der Waals surface area contributed by atoms with E-state index >= 15 is 0 Å². The van der Waals surface area contributed by atoms with Gasteiger partial charge in [0.2, 0.25) is 0 Å². The Hall–Kier alpha value is -2.13. The maximum atomic E-state index is 13.2. The monoisotopic (exact) mass is 321 g/mol. The zero-order valence-corrected chi connectivity index (χ0v) is 11.7. The highest BCUT2D eigenvalue weighted by Crippen LogP contribution is 2.44. The molecule has 1 aliphatic rings. The van der Waals surface area contributed by atoms with Gasteiger partial charge in [-0.05, 0) is 24.7 Å². The SMILES string of the molecule is CCOC(=O)CC(n1nc([N+](=O)[O-])cc1C1CC1)C(F)(F)F. The van der Waals surface area contributed by atoms with Crippen molar-refractivity contribution >= 4 is 11.8 Å². The molecule has 0 radical (unpaired) electrons. The Morgan fingerprint density at radius 2 is 2.23 bits per heavy atom. The van der Waals surface area contributed by atoms with Crippen LogP contribution in [0.5, 0.6) is 0 Å². The topological polar surface area (TPSA) is 87.3 Å². The van der Waals surface area contributed by atoms with E-state index in [1.165, 1.54) is 6.92 Å². The van der Waals surface area contributed by atoms with Crippen molar-refractivity contribution in [2.75, 3.05) is 6.61 Å². The summed E-state index contributed by atoms with van der Waals surface area (Å²) in [7, 11) is 0. The third kappa shape index (κ3) is 3.55. The molecule has 2 rings (SSSR count).